The number of anilines is 1. The Hall–Kier alpha value is -1.69. The molecule has 6 heteroatoms. The largest absolute Gasteiger partial charge is 0.355 e. The molecule has 2 fully saturated rings. The predicted octanol–water partition coefficient (Wildman–Crippen LogP) is 2.23. The summed E-state index contributed by atoms with van der Waals surface area (Å²) in [5, 5.41) is 9.19. The second-order valence-electron chi connectivity index (χ2n) is 7.36. The maximum absolute atomic E-state index is 4.67. The van der Waals surface area contributed by atoms with Crippen molar-refractivity contribution in [3.8, 4) is 0 Å². The van der Waals surface area contributed by atoms with E-state index >= 15 is 0 Å². The lowest BCUT2D eigenvalue weighted by Gasteiger charge is -2.35. The van der Waals surface area contributed by atoms with Crippen LogP contribution < -0.4 is 10.2 Å². The minimum absolute atomic E-state index is 0.454. The number of aromatic nitrogens is 4. The summed E-state index contributed by atoms with van der Waals surface area (Å²) in [6.07, 6.45) is 7.22. The highest BCUT2D eigenvalue weighted by Crippen LogP contribution is 2.31. The highest BCUT2D eigenvalue weighted by atomic mass is 15.3. The van der Waals surface area contributed by atoms with Crippen molar-refractivity contribution in [2.45, 2.75) is 39.2 Å². The van der Waals surface area contributed by atoms with Crippen LogP contribution in [0.25, 0.3) is 11.0 Å². The number of nitrogens with one attached hydrogen (secondary N) is 1. The molecule has 0 radical (unpaired) electrons. The van der Waals surface area contributed by atoms with Crippen LogP contribution in [0.15, 0.2) is 12.5 Å². The van der Waals surface area contributed by atoms with Crippen molar-refractivity contribution in [1.29, 1.82) is 0 Å². The highest BCUT2D eigenvalue weighted by Gasteiger charge is 2.26. The molecule has 2 saturated heterocycles. The van der Waals surface area contributed by atoms with Crippen molar-refractivity contribution in [3.05, 3.63) is 12.5 Å². The molecule has 0 aliphatic carbocycles. The van der Waals surface area contributed by atoms with Crippen LogP contribution in [0.4, 0.5) is 5.82 Å². The van der Waals surface area contributed by atoms with Gasteiger partial charge in [0.05, 0.1) is 17.6 Å². The van der Waals surface area contributed by atoms with Crippen LogP contribution in [0.5, 0.6) is 0 Å². The van der Waals surface area contributed by atoms with Gasteiger partial charge < -0.3 is 10.2 Å². The van der Waals surface area contributed by atoms with Gasteiger partial charge in [-0.1, -0.05) is 13.8 Å². The summed E-state index contributed by atoms with van der Waals surface area (Å²) in [6, 6.07) is 0.454. The van der Waals surface area contributed by atoms with Gasteiger partial charge in [0.25, 0.3) is 0 Å². The fraction of sp³-hybridized carbons (Fsp3) is 0.706. The van der Waals surface area contributed by atoms with Crippen molar-refractivity contribution >= 4 is 16.9 Å². The Balaban J connectivity index is 1.70. The van der Waals surface area contributed by atoms with Gasteiger partial charge in [0, 0.05) is 13.1 Å². The smallest absolute Gasteiger partial charge is 0.163 e. The van der Waals surface area contributed by atoms with Gasteiger partial charge in [-0.25, -0.2) is 14.6 Å². The van der Waals surface area contributed by atoms with E-state index in [2.05, 4.69) is 43.8 Å². The Morgan fingerprint density at radius 1 is 1.09 bits per heavy atom. The zero-order valence-electron chi connectivity index (χ0n) is 14.1. The monoisotopic (exact) mass is 314 g/mol. The second-order valence-corrected chi connectivity index (χ2v) is 7.36. The van der Waals surface area contributed by atoms with Gasteiger partial charge in [0.1, 0.15) is 12.1 Å². The van der Waals surface area contributed by atoms with E-state index in [4.69, 9.17) is 0 Å². The normalized spacial score (nSPS) is 26.8. The number of hydrogen-bond donors (Lipinski definition) is 1. The van der Waals surface area contributed by atoms with Crippen molar-refractivity contribution < 1.29 is 0 Å². The third kappa shape index (κ3) is 2.80. The second kappa shape index (κ2) is 6.07. The van der Waals surface area contributed by atoms with E-state index in [0.29, 0.717) is 17.9 Å². The zero-order chi connectivity index (χ0) is 15.8. The van der Waals surface area contributed by atoms with Crippen molar-refractivity contribution in [2.24, 2.45) is 11.8 Å². The van der Waals surface area contributed by atoms with Crippen LogP contribution in [-0.4, -0.2) is 45.9 Å². The molecule has 2 aromatic rings. The molecule has 0 amide bonds. The number of piperidine rings is 2. The van der Waals surface area contributed by atoms with Crippen molar-refractivity contribution in [1.82, 2.24) is 25.1 Å². The molecule has 23 heavy (non-hydrogen) atoms. The van der Waals surface area contributed by atoms with Gasteiger partial charge >= 0.3 is 0 Å². The lowest BCUT2D eigenvalue weighted by molar-refractivity contribution is 0.349. The minimum Gasteiger partial charge on any atom is -0.355 e. The summed E-state index contributed by atoms with van der Waals surface area (Å²) >= 11 is 0. The van der Waals surface area contributed by atoms with Crippen LogP contribution >= 0.6 is 0 Å². The fourth-order valence-electron chi connectivity index (χ4n) is 4.26. The molecule has 0 spiro atoms. The average molecular weight is 314 g/mol. The molecule has 124 valence electrons. The molecule has 2 aliphatic heterocycles. The van der Waals surface area contributed by atoms with Gasteiger partial charge in [0.2, 0.25) is 0 Å². The predicted molar refractivity (Wildman–Crippen MR) is 91.6 cm³/mol. The standard InChI is InChI=1S/C17H26N6/c1-12-7-13(2)10-22(9-12)16-15-8-21-23(17(15)20-11-19-16)14-3-5-18-6-4-14/h8,11-14,18H,3-7,9-10H2,1-2H3/t12-,13-/m1/s1. The highest BCUT2D eigenvalue weighted by molar-refractivity contribution is 5.86. The minimum atomic E-state index is 0.454. The van der Waals surface area contributed by atoms with E-state index in [1.54, 1.807) is 6.33 Å². The van der Waals surface area contributed by atoms with Gasteiger partial charge in [-0.3, -0.25) is 0 Å². The third-order valence-corrected chi connectivity index (χ3v) is 5.19. The first-order valence-electron chi connectivity index (χ1n) is 8.86. The van der Waals surface area contributed by atoms with Crippen LogP contribution in [0.2, 0.25) is 0 Å². The molecule has 4 rings (SSSR count). The maximum atomic E-state index is 4.67. The van der Waals surface area contributed by atoms with Gasteiger partial charge in [-0.15, -0.1) is 0 Å². The van der Waals surface area contributed by atoms with Crippen LogP contribution in [-0.2, 0) is 0 Å². The summed E-state index contributed by atoms with van der Waals surface area (Å²) < 4.78 is 2.12. The molecular weight excluding hydrogens is 288 g/mol. The first-order valence-corrected chi connectivity index (χ1v) is 8.86. The van der Waals surface area contributed by atoms with E-state index in [0.717, 1.165) is 55.9 Å². The number of hydrogen-bond acceptors (Lipinski definition) is 5. The fourth-order valence-corrected chi connectivity index (χ4v) is 4.26. The third-order valence-electron chi connectivity index (χ3n) is 5.19. The van der Waals surface area contributed by atoms with E-state index in [9.17, 15) is 0 Å². The Kier molecular flexibility index (Phi) is 3.93. The molecule has 0 aromatic carbocycles. The van der Waals surface area contributed by atoms with Crippen LogP contribution in [0, 0.1) is 11.8 Å². The number of nitrogens with zero attached hydrogens (tertiary/aromatic N) is 5. The number of fused-ring (bicyclic) bond motifs is 1. The Labute approximate surface area is 137 Å². The molecule has 0 unspecified atom stereocenters. The topological polar surface area (TPSA) is 58.9 Å². The lowest BCUT2D eigenvalue weighted by atomic mass is 9.92. The average Bonchev–Trinajstić information content (AvgIpc) is 2.98. The molecule has 2 aromatic heterocycles. The summed E-state index contributed by atoms with van der Waals surface area (Å²) in [7, 11) is 0. The summed E-state index contributed by atoms with van der Waals surface area (Å²) in [4.78, 5) is 11.6. The Morgan fingerprint density at radius 3 is 2.57 bits per heavy atom. The van der Waals surface area contributed by atoms with Crippen LogP contribution in [0.1, 0.15) is 39.2 Å². The van der Waals surface area contributed by atoms with E-state index < -0.39 is 0 Å². The summed E-state index contributed by atoms with van der Waals surface area (Å²) in [6.45, 7) is 8.94. The molecule has 6 nitrogen and oxygen atoms in total. The first-order chi connectivity index (χ1) is 11.2. The van der Waals surface area contributed by atoms with E-state index in [1.165, 1.54) is 6.42 Å². The van der Waals surface area contributed by atoms with Gasteiger partial charge in [-0.2, -0.15) is 5.10 Å². The first kappa shape index (κ1) is 14.9. The summed E-state index contributed by atoms with van der Waals surface area (Å²) in [5.74, 6) is 2.49. The molecular formula is C17H26N6. The quantitative estimate of drug-likeness (QED) is 0.921. The van der Waals surface area contributed by atoms with E-state index in [1.807, 2.05) is 6.20 Å². The van der Waals surface area contributed by atoms with Crippen molar-refractivity contribution in [3.63, 3.8) is 0 Å². The molecule has 0 saturated carbocycles. The SMILES string of the molecule is C[C@@H]1C[C@@H](C)CN(c2ncnc3c2cnn3C2CCNCC2)C1. The molecule has 4 heterocycles. The Morgan fingerprint density at radius 2 is 1.83 bits per heavy atom. The molecule has 1 N–H and O–H groups in total. The molecule has 0 bridgehead atoms. The Bertz CT molecular complexity index is 665. The van der Waals surface area contributed by atoms with Gasteiger partial charge in [0.15, 0.2) is 5.65 Å². The maximum Gasteiger partial charge on any atom is 0.163 e. The molecule has 2 aliphatic rings. The van der Waals surface area contributed by atoms with E-state index in [-0.39, 0.29) is 0 Å². The van der Waals surface area contributed by atoms with Crippen molar-refractivity contribution in [2.75, 3.05) is 31.1 Å². The summed E-state index contributed by atoms with van der Waals surface area (Å²) in [5.41, 5.74) is 0.993. The van der Waals surface area contributed by atoms with Gasteiger partial charge in [-0.05, 0) is 44.2 Å². The van der Waals surface area contributed by atoms with Crippen LogP contribution in [0.3, 0.4) is 0 Å². The lowest BCUT2D eigenvalue weighted by Crippen LogP contribution is -2.39. The number of rotatable bonds is 2. The molecule has 2 atom stereocenters. The zero-order valence-corrected chi connectivity index (χ0v) is 14.1.